The minimum absolute atomic E-state index is 0.107. The number of halogens is 2. The molecule has 0 aliphatic carbocycles. The Morgan fingerprint density at radius 2 is 2.11 bits per heavy atom. The summed E-state index contributed by atoms with van der Waals surface area (Å²) in [6.07, 6.45) is 3.96. The van der Waals surface area contributed by atoms with E-state index in [2.05, 4.69) is 26.8 Å². The number of imidazole rings is 1. The molecule has 1 atom stereocenters. The van der Waals surface area contributed by atoms with Gasteiger partial charge in [-0.15, -0.1) is 10.2 Å². The fourth-order valence-corrected chi connectivity index (χ4v) is 4.58. The lowest BCUT2D eigenvalue weighted by atomic mass is 10.0. The van der Waals surface area contributed by atoms with E-state index in [0.29, 0.717) is 58.7 Å². The molecular weight excluding hydrogens is 466 g/mol. The van der Waals surface area contributed by atoms with Crippen LogP contribution in [0.15, 0.2) is 40.0 Å². The molecule has 2 aromatic heterocycles. The summed E-state index contributed by atoms with van der Waals surface area (Å²) in [7, 11) is 1.65. The normalized spacial score (nSPS) is 17.6. The van der Waals surface area contributed by atoms with Gasteiger partial charge in [0.25, 0.3) is 0 Å². The molecule has 0 unspecified atom stereocenters. The maximum Gasteiger partial charge on any atom is 0.330 e. The third-order valence-corrected chi connectivity index (χ3v) is 6.51. The smallest absolute Gasteiger partial charge is 0.330 e. The van der Waals surface area contributed by atoms with E-state index in [4.69, 9.17) is 4.74 Å². The van der Waals surface area contributed by atoms with Crippen molar-refractivity contribution in [2.75, 3.05) is 26.2 Å². The molecule has 8 nitrogen and oxygen atoms in total. The number of alkyl halides is 1. The molecule has 10 heteroatoms. The summed E-state index contributed by atoms with van der Waals surface area (Å²) in [4.78, 5) is 18.8. The number of rotatable bonds is 9. The maximum atomic E-state index is 15.0. The molecular formula is C26H32F2N6O2. The summed E-state index contributed by atoms with van der Waals surface area (Å²) in [5, 5.41) is 8.96. The van der Waals surface area contributed by atoms with Crippen molar-refractivity contribution >= 4 is 34.4 Å². The van der Waals surface area contributed by atoms with Crippen molar-refractivity contribution in [1.29, 1.82) is 0 Å². The predicted molar refractivity (Wildman–Crippen MR) is 138 cm³/mol. The molecule has 0 amide bonds. The number of fused-ring (bicyclic) bond motifs is 3. The van der Waals surface area contributed by atoms with Gasteiger partial charge in [-0.1, -0.05) is 6.08 Å². The van der Waals surface area contributed by atoms with Gasteiger partial charge in [0.05, 0.1) is 12.1 Å². The number of likely N-dealkylation sites (tertiary alicyclic amines) is 1. The van der Waals surface area contributed by atoms with Crippen LogP contribution in [-0.2, 0) is 11.8 Å². The molecule has 192 valence electrons. The van der Waals surface area contributed by atoms with Gasteiger partial charge in [0.2, 0.25) is 5.88 Å². The van der Waals surface area contributed by atoms with Crippen LogP contribution in [0.1, 0.15) is 45.2 Å². The van der Waals surface area contributed by atoms with Gasteiger partial charge in [0, 0.05) is 55.8 Å². The second-order valence-electron chi connectivity index (χ2n) is 9.43. The number of benzene rings is 1. The SMILES string of the molecule is C=N/C(=C\C=C(/C)c1cc2c(cc1F)nnc1c2n(C(C)C)c(=O)n1C)OCCCN1CC[C@@H](F)C1. The van der Waals surface area contributed by atoms with E-state index in [0.717, 1.165) is 19.5 Å². The van der Waals surface area contributed by atoms with Crippen LogP contribution in [0.2, 0.25) is 0 Å². The summed E-state index contributed by atoms with van der Waals surface area (Å²) in [6.45, 7) is 11.6. The zero-order valence-electron chi connectivity index (χ0n) is 21.2. The molecule has 1 aliphatic heterocycles. The van der Waals surface area contributed by atoms with Gasteiger partial charge in [-0.3, -0.25) is 9.13 Å². The number of aliphatic imine (C=N–C) groups is 1. The van der Waals surface area contributed by atoms with Crippen LogP contribution in [0.3, 0.4) is 0 Å². The number of aryl methyl sites for hydroxylation is 1. The van der Waals surface area contributed by atoms with Gasteiger partial charge in [-0.05, 0) is 52.0 Å². The Labute approximate surface area is 208 Å². The molecule has 1 aromatic carbocycles. The van der Waals surface area contributed by atoms with Gasteiger partial charge in [-0.25, -0.2) is 18.6 Å². The monoisotopic (exact) mass is 498 g/mol. The van der Waals surface area contributed by atoms with Crippen molar-refractivity contribution < 1.29 is 13.5 Å². The Balaban J connectivity index is 1.59. The first-order chi connectivity index (χ1) is 17.2. The molecule has 1 aliphatic rings. The number of hydrogen-bond acceptors (Lipinski definition) is 6. The van der Waals surface area contributed by atoms with Crippen LogP contribution in [0.5, 0.6) is 0 Å². The molecule has 1 saturated heterocycles. The lowest BCUT2D eigenvalue weighted by Gasteiger charge is -2.14. The first-order valence-electron chi connectivity index (χ1n) is 12.1. The highest BCUT2D eigenvalue weighted by atomic mass is 19.1. The van der Waals surface area contributed by atoms with Crippen molar-refractivity contribution in [3.05, 3.63) is 52.0 Å². The summed E-state index contributed by atoms with van der Waals surface area (Å²) in [5.74, 6) is -0.121. The van der Waals surface area contributed by atoms with Crippen molar-refractivity contribution in [1.82, 2.24) is 24.2 Å². The Morgan fingerprint density at radius 3 is 2.78 bits per heavy atom. The van der Waals surface area contributed by atoms with Crippen LogP contribution in [0.25, 0.3) is 27.6 Å². The number of aromatic nitrogens is 4. The summed E-state index contributed by atoms with van der Waals surface area (Å²) in [5.41, 5.74) is 2.27. The van der Waals surface area contributed by atoms with Gasteiger partial charge in [0.1, 0.15) is 17.5 Å². The zero-order valence-corrected chi connectivity index (χ0v) is 21.2. The average Bonchev–Trinajstić information content (AvgIpc) is 3.38. The number of hydrogen-bond donors (Lipinski definition) is 0. The molecule has 3 aromatic rings. The van der Waals surface area contributed by atoms with E-state index in [1.54, 1.807) is 36.8 Å². The van der Waals surface area contributed by atoms with Gasteiger partial charge in [0.15, 0.2) is 5.65 Å². The van der Waals surface area contributed by atoms with E-state index in [1.165, 1.54) is 10.6 Å². The summed E-state index contributed by atoms with van der Waals surface area (Å²) >= 11 is 0. The third kappa shape index (κ3) is 5.09. The Morgan fingerprint density at radius 1 is 1.33 bits per heavy atom. The molecule has 1 fully saturated rings. The van der Waals surface area contributed by atoms with Gasteiger partial charge in [-0.2, -0.15) is 0 Å². The first kappa shape index (κ1) is 25.7. The zero-order chi connectivity index (χ0) is 26.0. The minimum atomic E-state index is -0.734. The van der Waals surface area contributed by atoms with Gasteiger partial charge < -0.3 is 9.64 Å². The third-order valence-electron chi connectivity index (χ3n) is 6.51. The molecule has 4 rings (SSSR count). The fourth-order valence-electron chi connectivity index (χ4n) is 4.58. The van der Waals surface area contributed by atoms with Crippen LogP contribution < -0.4 is 5.69 Å². The quantitative estimate of drug-likeness (QED) is 0.189. The van der Waals surface area contributed by atoms with Crippen molar-refractivity contribution in [3.8, 4) is 0 Å². The lowest BCUT2D eigenvalue weighted by Crippen LogP contribution is -2.23. The van der Waals surface area contributed by atoms with E-state index >= 15 is 4.39 Å². The van der Waals surface area contributed by atoms with Crippen LogP contribution >= 0.6 is 0 Å². The Kier molecular flexibility index (Phi) is 7.63. The fraction of sp³-hybridized carbons (Fsp3) is 0.462. The van der Waals surface area contributed by atoms with Crippen molar-refractivity contribution in [2.45, 2.75) is 45.8 Å². The summed E-state index contributed by atoms with van der Waals surface area (Å²) in [6, 6.07) is 2.93. The molecule has 0 bridgehead atoms. The number of nitrogens with zero attached hydrogens (tertiary/aromatic N) is 6. The minimum Gasteiger partial charge on any atom is -0.478 e. The van der Waals surface area contributed by atoms with Gasteiger partial charge >= 0.3 is 5.69 Å². The Hall–Kier alpha value is -3.40. The van der Waals surface area contributed by atoms with Crippen molar-refractivity contribution in [3.63, 3.8) is 0 Å². The molecule has 36 heavy (non-hydrogen) atoms. The molecule has 3 heterocycles. The average molecular weight is 499 g/mol. The molecule has 0 N–H and O–H groups in total. The first-order valence-corrected chi connectivity index (χ1v) is 12.1. The van der Waals surface area contributed by atoms with E-state index < -0.39 is 12.0 Å². The highest BCUT2D eigenvalue weighted by molar-refractivity contribution is 6.02. The standard InChI is InChI=1S/C26H32F2N6O2/c1-16(2)34-24-20-13-19(21(28)14-22(20)30-31-25(24)32(5)26(34)35)17(3)7-8-23(29-4)36-12-6-10-33-11-9-18(27)15-33/h7-8,13-14,16,18H,4,6,9-12,15H2,1-3,5H3/b17-7+,23-8+/t18-/m1/s1. The van der Waals surface area contributed by atoms with Crippen LogP contribution in [-0.4, -0.2) is 63.4 Å². The van der Waals surface area contributed by atoms with Crippen LogP contribution in [0.4, 0.5) is 8.78 Å². The van der Waals surface area contributed by atoms with Crippen LogP contribution in [0, 0.1) is 5.82 Å². The highest BCUT2D eigenvalue weighted by Crippen LogP contribution is 2.29. The Bertz CT molecular complexity index is 1410. The molecule has 0 spiro atoms. The topological polar surface area (TPSA) is 77.5 Å². The highest BCUT2D eigenvalue weighted by Gasteiger charge is 2.21. The molecule has 0 radical (unpaired) electrons. The largest absolute Gasteiger partial charge is 0.478 e. The van der Waals surface area contributed by atoms with Crippen molar-refractivity contribution in [2.24, 2.45) is 12.0 Å². The number of ether oxygens (including phenoxy) is 1. The van der Waals surface area contributed by atoms with E-state index in [9.17, 15) is 9.18 Å². The second-order valence-corrected chi connectivity index (χ2v) is 9.43. The maximum absolute atomic E-state index is 15.0. The van der Waals surface area contributed by atoms with E-state index in [1.807, 2.05) is 13.8 Å². The predicted octanol–water partition coefficient (Wildman–Crippen LogP) is 4.40. The number of allylic oxidation sites excluding steroid dienone is 3. The van der Waals surface area contributed by atoms with E-state index in [-0.39, 0.29) is 11.7 Å². The second kappa shape index (κ2) is 10.7. The summed E-state index contributed by atoms with van der Waals surface area (Å²) < 4.78 is 37.1. The molecule has 0 saturated carbocycles. The lowest BCUT2D eigenvalue weighted by molar-refractivity contribution is 0.186.